The molecular formula is C22H15F5N4O3. The van der Waals surface area contributed by atoms with Gasteiger partial charge in [-0.3, -0.25) is 9.59 Å². The molecule has 1 amide bonds. The molecule has 176 valence electrons. The van der Waals surface area contributed by atoms with Gasteiger partial charge in [0, 0.05) is 18.3 Å². The van der Waals surface area contributed by atoms with Gasteiger partial charge in [-0.25, -0.2) is 13.8 Å². The van der Waals surface area contributed by atoms with Gasteiger partial charge >= 0.3 is 6.18 Å². The van der Waals surface area contributed by atoms with Crippen molar-refractivity contribution >= 4 is 27.7 Å². The maximum Gasteiger partial charge on any atom is 0.433 e. The smallest absolute Gasteiger partial charge is 0.373 e. The van der Waals surface area contributed by atoms with E-state index in [-0.39, 0.29) is 40.7 Å². The molecule has 0 aliphatic carbocycles. The monoisotopic (exact) mass is 478 g/mol. The largest absolute Gasteiger partial charge is 0.433 e. The number of halogens is 5. The number of nitrogens with zero attached hydrogens (tertiary/aromatic N) is 2. The molecule has 0 saturated heterocycles. The summed E-state index contributed by atoms with van der Waals surface area (Å²) in [7, 11) is 1.43. The number of carbonyl (C=O) groups is 1. The van der Waals surface area contributed by atoms with E-state index in [1.807, 2.05) is 0 Å². The Morgan fingerprint density at radius 1 is 1.12 bits per heavy atom. The van der Waals surface area contributed by atoms with Crippen molar-refractivity contribution in [3.05, 3.63) is 75.0 Å². The number of benzene rings is 1. The van der Waals surface area contributed by atoms with Gasteiger partial charge in [0.05, 0.1) is 35.7 Å². The zero-order valence-electron chi connectivity index (χ0n) is 17.4. The Kier molecular flexibility index (Phi) is 4.93. The number of pyridine rings is 2. The molecule has 0 bridgehead atoms. The van der Waals surface area contributed by atoms with Gasteiger partial charge in [-0.2, -0.15) is 13.2 Å². The van der Waals surface area contributed by atoms with Gasteiger partial charge in [-0.05, 0) is 35.7 Å². The predicted molar refractivity (Wildman–Crippen MR) is 110 cm³/mol. The highest BCUT2D eigenvalue weighted by Gasteiger charge is 2.34. The number of alkyl halides is 3. The molecule has 1 aliphatic rings. The van der Waals surface area contributed by atoms with E-state index in [0.717, 1.165) is 18.2 Å². The topological polar surface area (TPSA) is 91.1 Å². The van der Waals surface area contributed by atoms with Crippen LogP contribution in [0.3, 0.4) is 0 Å². The van der Waals surface area contributed by atoms with Crippen LogP contribution in [0.2, 0.25) is 0 Å². The number of hydrogen-bond donors (Lipinski definition) is 2. The van der Waals surface area contributed by atoms with Gasteiger partial charge in [0.15, 0.2) is 11.6 Å². The second kappa shape index (κ2) is 7.62. The van der Waals surface area contributed by atoms with Crippen molar-refractivity contribution in [1.29, 1.82) is 0 Å². The number of H-pyrrole nitrogens is 2. The average Bonchev–Trinajstić information content (AvgIpc) is 3.22. The van der Waals surface area contributed by atoms with Crippen LogP contribution in [0, 0.1) is 11.6 Å². The fourth-order valence-corrected chi connectivity index (χ4v) is 4.16. The van der Waals surface area contributed by atoms with E-state index in [1.165, 1.54) is 24.1 Å². The third kappa shape index (κ3) is 3.50. The van der Waals surface area contributed by atoms with E-state index in [0.29, 0.717) is 11.3 Å². The van der Waals surface area contributed by atoms with E-state index >= 15 is 0 Å². The van der Waals surface area contributed by atoms with Gasteiger partial charge < -0.3 is 19.6 Å². The van der Waals surface area contributed by atoms with Crippen LogP contribution in [0.15, 0.2) is 35.1 Å². The molecule has 4 aromatic rings. The van der Waals surface area contributed by atoms with Crippen LogP contribution in [-0.4, -0.2) is 39.4 Å². The van der Waals surface area contributed by atoms with Crippen LogP contribution in [0.1, 0.15) is 33.5 Å². The van der Waals surface area contributed by atoms with Crippen LogP contribution in [-0.2, 0) is 17.5 Å². The lowest BCUT2D eigenvalue weighted by molar-refractivity contribution is -0.140. The van der Waals surface area contributed by atoms with Crippen molar-refractivity contribution in [2.75, 3.05) is 13.7 Å². The molecule has 0 radical (unpaired) electrons. The molecular weight excluding hydrogens is 463 g/mol. The number of nitrogens with one attached hydrogen (secondary N) is 2. The lowest BCUT2D eigenvalue weighted by Crippen LogP contribution is -2.37. The molecule has 0 fully saturated rings. The number of aromatic amines is 2. The molecule has 12 heteroatoms. The molecule has 2 N–H and O–H groups in total. The lowest BCUT2D eigenvalue weighted by Gasteiger charge is -2.33. The molecule has 0 spiro atoms. The van der Waals surface area contributed by atoms with E-state index < -0.39 is 41.0 Å². The number of carbonyl (C=O) groups excluding carboxylic acids is 1. The summed E-state index contributed by atoms with van der Waals surface area (Å²) in [6.45, 7) is -0.0132. The minimum Gasteiger partial charge on any atom is -0.373 e. The van der Waals surface area contributed by atoms with Crippen molar-refractivity contribution < 1.29 is 31.5 Å². The highest BCUT2D eigenvalue weighted by molar-refractivity contribution is 5.97. The second-order valence-electron chi connectivity index (χ2n) is 7.92. The van der Waals surface area contributed by atoms with Crippen LogP contribution >= 0.6 is 0 Å². The predicted octanol–water partition coefficient (Wildman–Crippen LogP) is 4.04. The lowest BCUT2D eigenvalue weighted by atomic mass is 9.95. The number of rotatable bonds is 2. The molecule has 0 saturated carbocycles. The summed E-state index contributed by atoms with van der Waals surface area (Å²) in [5, 5.41) is 0.0543. The van der Waals surface area contributed by atoms with Crippen LogP contribution in [0.25, 0.3) is 21.8 Å². The Morgan fingerprint density at radius 2 is 1.82 bits per heavy atom. The van der Waals surface area contributed by atoms with Gasteiger partial charge in [-0.1, -0.05) is 0 Å². The zero-order valence-corrected chi connectivity index (χ0v) is 17.4. The first-order chi connectivity index (χ1) is 16.0. The van der Waals surface area contributed by atoms with Crippen molar-refractivity contribution in [2.24, 2.45) is 0 Å². The molecule has 34 heavy (non-hydrogen) atoms. The third-order valence-electron chi connectivity index (χ3n) is 5.82. The molecule has 3 aromatic heterocycles. The van der Waals surface area contributed by atoms with Crippen molar-refractivity contribution in [3.63, 3.8) is 0 Å². The average molecular weight is 478 g/mol. The number of fused-ring (bicyclic) bond motifs is 4. The molecule has 7 nitrogen and oxygen atoms in total. The molecule has 4 heterocycles. The summed E-state index contributed by atoms with van der Waals surface area (Å²) in [5.41, 5.74) is -0.852. The van der Waals surface area contributed by atoms with E-state index in [9.17, 15) is 31.5 Å². The Hall–Kier alpha value is -3.80. The van der Waals surface area contributed by atoms with Crippen LogP contribution in [0.4, 0.5) is 22.0 Å². The van der Waals surface area contributed by atoms with Crippen molar-refractivity contribution in [2.45, 2.75) is 18.8 Å². The van der Waals surface area contributed by atoms with E-state index in [2.05, 4.69) is 15.0 Å². The van der Waals surface area contributed by atoms with Gasteiger partial charge in [0.25, 0.3) is 11.5 Å². The Bertz CT molecular complexity index is 1530. The summed E-state index contributed by atoms with van der Waals surface area (Å²) < 4.78 is 72.2. The van der Waals surface area contributed by atoms with Gasteiger partial charge in [-0.15, -0.1) is 0 Å². The first kappa shape index (κ1) is 22.0. The summed E-state index contributed by atoms with van der Waals surface area (Å²) in [6, 6.07) is 4.08. The number of likely N-dealkylation sites (N-methyl/N-ethyl adjacent to an activating group) is 1. The first-order valence-electron chi connectivity index (χ1n) is 10.00. The molecule has 1 atom stereocenters. The summed E-state index contributed by atoms with van der Waals surface area (Å²) in [4.78, 5) is 35.7. The van der Waals surface area contributed by atoms with E-state index in [4.69, 9.17) is 4.74 Å². The third-order valence-corrected chi connectivity index (χ3v) is 5.82. The quantitative estimate of drug-likeness (QED) is 0.426. The molecule has 5 rings (SSSR count). The van der Waals surface area contributed by atoms with Crippen molar-refractivity contribution in [1.82, 2.24) is 19.9 Å². The highest BCUT2D eigenvalue weighted by Crippen LogP contribution is 2.35. The maximum atomic E-state index is 14.0. The SMILES string of the molecule is CN(C(=O)c1cc2nc(C(F)(F)F)ccc2[nH]1)[C@H]1COCc2[nH]c(=O)c3cc(F)c(F)cc3c21. The molecule has 0 unspecified atom stereocenters. The minimum absolute atomic E-state index is 0.00539. The molecule has 1 aromatic carbocycles. The normalized spacial score (nSPS) is 16.1. The standard InChI is InChI=1S/C22H15F5N4O3/c1-31(21(33)15-6-14-13(28-15)2-3-18(29-14)22(25,26)27)17-8-34-7-16-19(17)9-4-11(23)12(24)5-10(9)20(32)30-16/h2-6,17,28H,7-8H2,1H3,(H,30,32)/t17-/m0/s1. The summed E-state index contributed by atoms with van der Waals surface area (Å²) >= 11 is 0. The molecule has 1 aliphatic heterocycles. The van der Waals surface area contributed by atoms with Gasteiger partial charge in [0.2, 0.25) is 0 Å². The van der Waals surface area contributed by atoms with E-state index in [1.54, 1.807) is 0 Å². The fraction of sp³-hybridized carbons (Fsp3) is 0.227. The second-order valence-corrected chi connectivity index (χ2v) is 7.92. The Morgan fingerprint density at radius 3 is 2.53 bits per heavy atom. The van der Waals surface area contributed by atoms with Crippen LogP contribution < -0.4 is 5.56 Å². The van der Waals surface area contributed by atoms with Crippen LogP contribution in [0.5, 0.6) is 0 Å². The number of amides is 1. The fourth-order valence-electron chi connectivity index (χ4n) is 4.16. The minimum atomic E-state index is -4.64. The zero-order chi connectivity index (χ0) is 24.4. The summed E-state index contributed by atoms with van der Waals surface area (Å²) in [5.74, 6) is -2.94. The number of aromatic nitrogens is 3. The Labute approximate surface area is 187 Å². The summed E-state index contributed by atoms with van der Waals surface area (Å²) in [6.07, 6.45) is -4.64. The first-order valence-corrected chi connectivity index (χ1v) is 10.00. The number of hydrogen-bond acceptors (Lipinski definition) is 4. The van der Waals surface area contributed by atoms with Crippen molar-refractivity contribution in [3.8, 4) is 0 Å². The highest BCUT2D eigenvalue weighted by atomic mass is 19.4. The number of ether oxygens (including phenoxy) is 1. The Balaban J connectivity index is 1.57. The van der Waals surface area contributed by atoms with Gasteiger partial charge in [0.1, 0.15) is 11.4 Å². The maximum absolute atomic E-state index is 14.0.